The Bertz CT molecular complexity index is 730. The molecular weight excluding hydrogens is 254 g/mol. The van der Waals surface area contributed by atoms with E-state index in [4.69, 9.17) is 5.73 Å². The highest BCUT2D eigenvalue weighted by Gasteiger charge is 2.08. The molecule has 4 N–H and O–H groups in total. The van der Waals surface area contributed by atoms with E-state index in [-0.39, 0.29) is 5.95 Å². The van der Waals surface area contributed by atoms with Crippen LogP contribution in [0, 0.1) is 0 Å². The van der Waals surface area contributed by atoms with Gasteiger partial charge in [0.15, 0.2) is 11.5 Å². The molecule has 20 heavy (non-hydrogen) atoms. The lowest BCUT2D eigenvalue weighted by Gasteiger charge is -2.13. The van der Waals surface area contributed by atoms with Crippen molar-refractivity contribution in [1.29, 1.82) is 0 Å². The highest BCUT2D eigenvalue weighted by Crippen LogP contribution is 2.23. The van der Waals surface area contributed by atoms with Crippen LogP contribution in [0.25, 0.3) is 11.2 Å². The molecule has 0 amide bonds. The first-order valence-corrected chi connectivity index (χ1v) is 6.14. The molecule has 0 saturated carbocycles. The second-order valence-electron chi connectivity index (χ2n) is 4.60. The number of nitrogens with zero attached hydrogens (tertiary/aromatic N) is 4. The first-order chi connectivity index (χ1) is 9.63. The van der Waals surface area contributed by atoms with Gasteiger partial charge in [-0.3, -0.25) is 0 Å². The van der Waals surface area contributed by atoms with Crippen molar-refractivity contribution < 1.29 is 0 Å². The molecule has 0 atom stereocenters. The van der Waals surface area contributed by atoms with Gasteiger partial charge in [0.25, 0.3) is 0 Å². The lowest BCUT2D eigenvalue weighted by molar-refractivity contribution is 1.13. The fraction of sp³-hybridized carbons (Fsp3) is 0.154. The summed E-state index contributed by atoms with van der Waals surface area (Å²) >= 11 is 0. The van der Waals surface area contributed by atoms with Gasteiger partial charge in [-0.05, 0) is 24.3 Å². The zero-order valence-corrected chi connectivity index (χ0v) is 11.3. The van der Waals surface area contributed by atoms with Crippen molar-refractivity contribution in [3.8, 4) is 0 Å². The molecule has 7 nitrogen and oxygen atoms in total. The van der Waals surface area contributed by atoms with Gasteiger partial charge in [-0.15, -0.1) is 0 Å². The molecule has 0 unspecified atom stereocenters. The number of hydrogen-bond acceptors (Lipinski definition) is 6. The number of anilines is 4. The van der Waals surface area contributed by atoms with Gasteiger partial charge in [0.05, 0.1) is 6.33 Å². The first-order valence-electron chi connectivity index (χ1n) is 6.14. The Morgan fingerprint density at radius 2 is 1.90 bits per heavy atom. The third-order valence-electron chi connectivity index (χ3n) is 2.95. The van der Waals surface area contributed by atoms with Gasteiger partial charge in [-0.2, -0.15) is 9.97 Å². The van der Waals surface area contributed by atoms with Gasteiger partial charge in [-0.1, -0.05) is 0 Å². The maximum Gasteiger partial charge on any atom is 0.224 e. The molecule has 1 aromatic carbocycles. The number of aromatic nitrogens is 4. The number of fused-ring (bicyclic) bond motifs is 1. The molecule has 2 heterocycles. The van der Waals surface area contributed by atoms with Crippen molar-refractivity contribution in [2.75, 3.05) is 30.0 Å². The molecule has 0 aliphatic carbocycles. The summed E-state index contributed by atoms with van der Waals surface area (Å²) in [6, 6.07) is 8.01. The summed E-state index contributed by atoms with van der Waals surface area (Å²) in [5, 5.41) is 3.22. The number of H-pyrrole nitrogens is 1. The van der Waals surface area contributed by atoms with Crippen LogP contribution in [0.3, 0.4) is 0 Å². The van der Waals surface area contributed by atoms with E-state index in [1.54, 1.807) is 6.33 Å². The summed E-state index contributed by atoms with van der Waals surface area (Å²) in [4.78, 5) is 17.4. The van der Waals surface area contributed by atoms with Crippen LogP contribution in [0.2, 0.25) is 0 Å². The van der Waals surface area contributed by atoms with Crippen LogP contribution in [0.1, 0.15) is 0 Å². The number of rotatable bonds is 3. The number of hydrogen-bond donors (Lipinski definition) is 3. The van der Waals surface area contributed by atoms with Crippen LogP contribution >= 0.6 is 0 Å². The Morgan fingerprint density at radius 3 is 2.60 bits per heavy atom. The smallest absolute Gasteiger partial charge is 0.224 e. The van der Waals surface area contributed by atoms with E-state index in [9.17, 15) is 0 Å². The number of nitrogens with two attached hydrogens (primary N) is 1. The largest absolute Gasteiger partial charge is 0.378 e. The van der Waals surface area contributed by atoms with Crippen molar-refractivity contribution in [3.63, 3.8) is 0 Å². The van der Waals surface area contributed by atoms with E-state index >= 15 is 0 Å². The van der Waals surface area contributed by atoms with E-state index in [1.165, 1.54) is 0 Å². The standard InChI is InChI=1S/C13H15N7/c1-20(2)9-5-3-8(4-6-9)17-12-10-11(16-7-15-10)18-13(14)19-12/h3-7H,1-2H3,(H4,14,15,16,17,18,19). The third-order valence-corrected chi connectivity index (χ3v) is 2.95. The Kier molecular flexibility index (Phi) is 2.86. The minimum Gasteiger partial charge on any atom is -0.378 e. The molecule has 102 valence electrons. The lowest BCUT2D eigenvalue weighted by Crippen LogP contribution is -2.08. The van der Waals surface area contributed by atoms with E-state index in [0.717, 1.165) is 16.9 Å². The van der Waals surface area contributed by atoms with Gasteiger partial charge < -0.3 is 20.9 Å². The summed E-state index contributed by atoms with van der Waals surface area (Å²) < 4.78 is 0. The molecule has 2 aromatic heterocycles. The fourth-order valence-corrected chi connectivity index (χ4v) is 1.92. The monoisotopic (exact) mass is 269 g/mol. The Morgan fingerprint density at radius 1 is 1.15 bits per heavy atom. The number of aromatic amines is 1. The van der Waals surface area contributed by atoms with Gasteiger partial charge in [-0.25, -0.2) is 4.98 Å². The van der Waals surface area contributed by atoms with Crippen molar-refractivity contribution in [2.24, 2.45) is 0 Å². The molecule has 3 aromatic rings. The molecule has 0 fully saturated rings. The van der Waals surface area contributed by atoms with Gasteiger partial charge >= 0.3 is 0 Å². The highest BCUT2D eigenvalue weighted by atomic mass is 15.1. The molecule has 0 bridgehead atoms. The Hall–Kier alpha value is -2.83. The maximum absolute atomic E-state index is 5.68. The van der Waals surface area contributed by atoms with E-state index < -0.39 is 0 Å². The molecule has 3 rings (SSSR count). The molecule has 0 radical (unpaired) electrons. The van der Waals surface area contributed by atoms with Crippen LogP contribution in [-0.4, -0.2) is 34.0 Å². The molecule has 0 saturated heterocycles. The minimum atomic E-state index is 0.192. The lowest BCUT2D eigenvalue weighted by atomic mass is 10.2. The quantitative estimate of drug-likeness (QED) is 0.670. The van der Waals surface area contributed by atoms with Crippen molar-refractivity contribution >= 4 is 34.3 Å². The highest BCUT2D eigenvalue weighted by molar-refractivity contribution is 5.85. The van der Waals surface area contributed by atoms with Gasteiger partial charge in [0.2, 0.25) is 5.95 Å². The maximum atomic E-state index is 5.68. The summed E-state index contributed by atoms with van der Waals surface area (Å²) in [6.45, 7) is 0. The van der Waals surface area contributed by atoms with Crippen molar-refractivity contribution in [1.82, 2.24) is 19.9 Å². The van der Waals surface area contributed by atoms with Crippen LogP contribution in [-0.2, 0) is 0 Å². The number of nitrogen functional groups attached to an aromatic ring is 1. The van der Waals surface area contributed by atoms with E-state index in [1.807, 2.05) is 43.3 Å². The summed E-state index contributed by atoms with van der Waals surface area (Å²) in [5.74, 6) is 0.805. The van der Waals surface area contributed by atoms with Crippen LogP contribution in [0.5, 0.6) is 0 Å². The van der Waals surface area contributed by atoms with Crippen LogP contribution < -0.4 is 16.0 Å². The zero-order valence-electron chi connectivity index (χ0n) is 11.3. The van der Waals surface area contributed by atoms with E-state index in [2.05, 4.69) is 25.3 Å². The Labute approximate surface area is 115 Å². The average molecular weight is 269 g/mol. The number of benzene rings is 1. The van der Waals surface area contributed by atoms with Gasteiger partial charge in [0.1, 0.15) is 5.52 Å². The number of imidazole rings is 1. The van der Waals surface area contributed by atoms with Crippen LogP contribution in [0.15, 0.2) is 30.6 Å². The molecule has 7 heteroatoms. The van der Waals surface area contributed by atoms with Crippen molar-refractivity contribution in [3.05, 3.63) is 30.6 Å². The zero-order chi connectivity index (χ0) is 14.1. The summed E-state index contributed by atoms with van der Waals surface area (Å²) in [6.07, 6.45) is 1.57. The van der Waals surface area contributed by atoms with E-state index in [0.29, 0.717) is 11.5 Å². The normalized spacial score (nSPS) is 10.7. The molecule has 0 aliphatic rings. The molecular formula is C13H15N7. The third kappa shape index (κ3) is 2.20. The van der Waals surface area contributed by atoms with Gasteiger partial charge in [0, 0.05) is 25.5 Å². The minimum absolute atomic E-state index is 0.192. The van der Waals surface area contributed by atoms with Crippen molar-refractivity contribution in [2.45, 2.75) is 0 Å². The Balaban J connectivity index is 1.94. The topological polar surface area (TPSA) is 95.8 Å². The van der Waals surface area contributed by atoms with Crippen LogP contribution in [0.4, 0.5) is 23.1 Å². The second kappa shape index (κ2) is 4.69. The SMILES string of the molecule is CN(C)c1ccc(Nc2nc(N)nc3nc[nH]c23)cc1. The molecule has 0 spiro atoms. The second-order valence-corrected chi connectivity index (χ2v) is 4.60. The average Bonchev–Trinajstić information content (AvgIpc) is 2.87. The predicted octanol–water partition coefficient (Wildman–Crippen LogP) is 1.74. The first kappa shape index (κ1) is 12.2. The predicted molar refractivity (Wildman–Crippen MR) is 80.1 cm³/mol. The molecule has 0 aliphatic heterocycles. The fourth-order valence-electron chi connectivity index (χ4n) is 1.92. The number of nitrogens with one attached hydrogen (secondary N) is 2. The summed E-state index contributed by atoms with van der Waals surface area (Å²) in [5.41, 5.74) is 9.01. The summed E-state index contributed by atoms with van der Waals surface area (Å²) in [7, 11) is 4.00.